The maximum absolute atomic E-state index is 13.5. The van der Waals surface area contributed by atoms with Crippen molar-refractivity contribution in [3.63, 3.8) is 0 Å². The average molecular weight is 567 g/mol. The van der Waals surface area contributed by atoms with Gasteiger partial charge in [-0.25, -0.2) is 0 Å². The second-order valence-electron chi connectivity index (χ2n) is 8.51. The van der Waals surface area contributed by atoms with Crippen molar-refractivity contribution in [2.24, 2.45) is 0 Å². The van der Waals surface area contributed by atoms with Gasteiger partial charge in [-0.3, -0.25) is 19.8 Å². The summed E-state index contributed by atoms with van der Waals surface area (Å²) in [5, 5.41) is 2.86. The standard InChI is InChI=1S/C29H24Cl2N2O4S/c1-4-7-20-13-19(15-24(36-3)26(20)37-16-18-9-5-8-17(2)12-18)14-21-27(34)32-29(38)33(28(21)35)23-11-6-10-22(30)25(23)31/h4-6,8-15H,1,7,16H2,2-3H3,(H,32,34,38)/b21-14+. The molecule has 1 fully saturated rings. The molecule has 0 unspecified atom stereocenters. The number of halogens is 2. The molecule has 0 radical (unpaired) electrons. The second-order valence-corrected chi connectivity index (χ2v) is 9.68. The van der Waals surface area contributed by atoms with E-state index in [1.807, 2.05) is 37.3 Å². The molecule has 3 aromatic carbocycles. The minimum absolute atomic E-state index is 0.0915. The van der Waals surface area contributed by atoms with Crippen molar-refractivity contribution in [1.29, 1.82) is 0 Å². The van der Waals surface area contributed by atoms with E-state index < -0.39 is 11.8 Å². The molecule has 0 bridgehead atoms. The Hall–Kier alpha value is -3.65. The molecule has 0 aliphatic carbocycles. The highest BCUT2D eigenvalue weighted by Crippen LogP contribution is 2.37. The number of thiocarbonyl (C=S) groups is 1. The molecule has 0 spiro atoms. The molecule has 9 heteroatoms. The lowest BCUT2D eigenvalue weighted by Crippen LogP contribution is -2.54. The third kappa shape index (κ3) is 5.75. The van der Waals surface area contributed by atoms with Crippen LogP contribution in [0.1, 0.15) is 22.3 Å². The normalized spacial score (nSPS) is 14.5. The smallest absolute Gasteiger partial charge is 0.270 e. The quantitative estimate of drug-likeness (QED) is 0.147. The number of carbonyl (C=O) groups is 2. The molecule has 6 nitrogen and oxygen atoms in total. The maximum atomic E-state index is 13.5. The lowest BCUT2D eigenvalue weighted by Gasteiger charge is -2.29. The monoisotopic (exact) mass is 566 g/mol. The Bertz CT molecular complexity index is 1490. The van der Waals surface area contributed by atoms with Gasteiger partial charge in [-0.1, -0.05) is 65.2 Å². The van der Waals surface area contributed by atoms with Crippen LogP contribution in [0.4, 0.5) is 5.69 Å². The average Bonchev–Trinajstić information content (AvgIpc) is 2.88. The predicted molar refractivity (Wildman–Crippen MR) is 155 cm³/mol. The Morgan fingerprint density at radius 1 is 1.11 bits per heavy atom. The molecular weight excluding hydrogens is 543 g/mol. The third-order valence-corrected chi connectivity index (χ3v) is 6.88. The predicted octanol–water partition coefficient (Wildman–Crippen LogP) is 6.45. The number of aryl methyl sites for hydroxylation is 1. The molecule has 0 atom stereocenters. The number of allylic oxidation sites excluding steroid dienone is 1. The number of anilines is 1. The van der Waals surface area contributed by atoms with E-state index in [0.717, 1.165) is 21.6 Å². The van der Waals surface area contributed by atoms with Crippen LogP contribution in [0, 0.1) is 6.92 Å². The van der Waals surface area contributed by atoms with Crippen molar-refractivity contribution in [3.05, 3.63) is 105 Å². The molecule has 1 heterocycles. The van der Waals surface area contributed by atoms with Crippen molar-refractivity contribution >= 4 is 64.1 Å². The van der Waals surface area contributed by atoms with Gasteiger partial charge in [-0.15, -0.1) is 6.58 Å². The minimum atomic E-state index is -0.632. The molecule has 4 rings (SSSR count). The largest absolute Gasteiger partial charge is 0.493 e. The van der Waals surface area contributed by atoms with Gasteiger partial charge in [0.15, 0.2) is 16.6 Å². The Morgan fingerprint density at radius 3 is 2.58 bits per heavy atom. The number of hydrogen-bond donors (Lipinski definition) is 1. The van der Waals surface area contributed by atoms with Crippen LogP contribution in [0.5, 0.6) is 11.5 Å². The van der Waals surface area contributed by atoms with Crippen LogP contribution in [0.15, 0.2) is 72.8 Å². The van der Waals surface area contributed by atoms with Crippen LogP contribution in [-0.4, -0.2) is 24.0 Å². The highest BCUT2D eigenvalue weighted by molar-refractivity contribution is 7.80. The van der Waals surface area contributed by atoms with E-state index in [9.17, 15) is 9.59 Å². The first-order valence-electron chi connectivity index (χ1n) is 11.6. The van der Waals surface area contributed by atoms with Crippen LogP contribution in [0.25, 0.3) is 6.08 Å². The fourth-order valence-electron chi connectivity index (χ4n) is 4.05. The van der Waals surface area contributed by atoms with Crippen molar-refractivity contribution in [2.75, 3.05) is 12.0 Å². The zero-order chi connectivity index (χ0) is 27.4. The molecular formula is C29H24Cl2N2O4S. The summed E-state index contributed by atoms with van der Waals surface area (Å²) in [4.78, 5) is 27.4. The van der Waals surface area contributed by atoms with Gasteiger partial charge in [-0.2, -0.15) is 0 Å². The number of amides is 2. The van der Waals surface area contributed by atoms with Gasteiger partial charge in [0.1, 0.15) is 12.2 Å². The summed E-state index contributed by atoms with van der Waals surface area (Å²) in [6, 6.07) is 16.4. The highest BCUT2D eigenvalue weighted by Gasteiger charge is 2.35. The summed E-state index contributed by atoms with van der Waals surface area (Å²) in [6.45, 7) is 6.21. The lowest BCUT2D eigenvalue weighted by atomic mass is 10.0. The Morgan fingerprint density at radius 2 is 1.87 bits per heavy atom. The topological polar surface area (TPSA) is 67.9 Å². The summed E-state index contributed by atoms with van der Waals surface area (Å²) in [5.41, 5.74) is 3.63. The summed E-state index contributed by atoms with van der Waals surface area (Å²) in [6.07, 6.45) is 3.69. The zero-order valence-corrected chi connectivity index (χ0v) is 23.0. The number of ether oxygens (including phenoxy) is 2. The van der Waals surface area contributed by atoms with Crippen LogP contribution in [0.2, 0.25) is 10.0 Å². The summed E-state index contributed by atoms with van der Waals surface area (Å²) >= 11 is 17.8. The molecule has 3 aromatic rings. The van der Waals surface area contributed by atoms with Gasteiger partial charge in [0.2, 0.25) is 0 Å². The number of nitrogens with zero attached hydrogens (tertiary/aromatic N) is 1. The summed E-state index contributed by atoms with van der Waals surface area (Å²) in [7, 11) is 1.53. The van der Waals surface area contributed by atoms with Crippen molar-refractivity contribution < 1.29 is 19.1 Å². The second kappa shape index (κ2) is 11.8. The molecule has 1 aliphatic rings. The van der Waals surface area contributed by atoms with Gasteiger partial charge in [0.25, 0.3) is 11.8 Å². The van der Waals surface area contributed by atoms with Gasteiger partial charge < -0.3 is 9.47 Å². The van der Waals surface area contributed by atoms with Crippen molar-refractivity contribution in [2.45, 2.75) is 20.0 Å². The lowest BCUT2D eigenvalue weighted by molar-refractivity contribution is -0.122. The van der Waals surface area contributed by atoms with E-state index >= 15 is 0 Å². The van der Waals surface area contributed by atoms with Gasteiger partial charge in [0.05, 0.1) is 22.8 Å². The van der Waals surface area contributed by atoms with E-state index in [1.165, 1.54) is 13.2 Å². The first-order chi connectivity index (χ1) is 18.2. The summed E-state index contributed by atoms with van der Waals surface area (Å²) < 4.78 is 11.8. The third-order valence-electron chi connectivity index (χ3n) is 5.79. The first-order valence-corrected chi connectivity index (χ1v) is 12.8. The van der Waals surface area contributed by atoms with Gasteiger partial charge in [0, 0.05) is 5.56 Å². The molecule has 0 aromatic heterocycles. The maximum Gasteiger partial charge on any atom is 0.270 e. The van der Waals surface area contributed by atoms with E-state index in [-0.39, 0.29) is 26.4 Å². The van der Waals surface area contributed by atoms with Crippen LogP contribution in [-0.2, 0) is 22.6 Å². The SMILES string of the molecule is C=CCc1cc(/C=C2\C(=O)NC(=S)N(c3cccc(Cl)c3Cl)C2=O)cc(OC)c1OCc1cccc(C)c1. The van der Waals surface area contributed by atoms with Crippen molar-refractivity contribution in [3.8, 4) is 11.5 Å². The van der Waals surface area contributed by atoms with E-state index in [4.69, 9.17) is 44.9 Å². The fourth-order valence-corrected chi connectivity index (χ4v) is 4.71. The molecule has 2 amide bonds. The Labute approximate surface area is 236 Å². The van der Waals surface area contributed by atoms with Crippen LogP contribution < -0.4 is 19.7 Å². The van der Waals surface area contributed by atoms with Crippen LogP contribution >= 0.6 is 35.4 Å². The van der Waals surface area contributed by atoms with Crippen molar-refractivity contribution in [1.82, 2.24) is 5.32 Å². The number of methoxy groups -OCH3 is 1. The van der Waals surface area contributed by atoms with E-state index in [2.05, 4.69) is 11.9 Å². The van der Waals surface area contributed by atoms with Gasteiger partial charge in [-0.05, 0) is 67.0 Å². The summed E-state index contributed by atoms with van der Waals surface area (Å²) in [5.74, 6) is -0.243. The molecule has 1 N–H and O–H groups in total. The minimum Gasteiger partial charge on any atom is -0.493 e. The van der Waals surface area contributed by atoms with Crippen LogP contribution in [0.3, 0.4) is 0 Å². The molecule has 0 saturated carbocycles. The molecule has 1 aliphatic heterocycles. The van der Waals surface area contributed by atoms with E-state index in [0.29, 0.717) is 30.1 Å². The zero-order valence-electron chi connectivity index (χ0n) is 20.7. The number of hydrogen-bond acceptors (Lipinski definition) is 5. The Kier molecular flexibility index (Phi) is 8.52. The Balaban J connectivity index is 1.72. The van der Waals surface area contributed by atoms with Gasteiger partial charge >= 0.3 is 0 Å². The highest BCUT2D eigenvalue weighted by atomic mass is 35.5. The fraction of sp³-hybridized carbons (Fsp3) is 0.138. The number of carbonyl (C=O) groups excluding carboxylic acids is 2. The first kappa shape index (κ1) is 27.4. The number of benzene rings is 3. The number of rotatable bonds is 8. The number of nitrogens with one attached hydrogen (secondary N) is 1. The molecule has 194 valence electrons. The molecule has 1 saturated heterocycles. The van der Waals surface area contributed by atoms with E-state index in [1.54, 1.807) is 30.3 Å². The molecule has 38 heavy (non-hydrogen) atoms.